The van der Waals surface area contributed by atoms with Crippen LogP contribution in [0, 0.1) is 5.82 Å². The lowest BCUT2D eigenvalue weighted by Crippen LogP contribution is -2.18. The Morgan fingerprint density at radius 2 is 2.04 bits per heavy atom. The molecule has 0 bridgehead atoms. The van der Waals surface area contributed by atoms with Crippen molar-refractivity contribution in [2.75, 3.05) is 16.4 Å². The minimum absolute atomic E-state index is 0.00351. The van der Waals surface area contributed by atoms with Crippen molar-refractivity contribution in [1.82, 2.24) is 0 Å². The van der Waals surface area contributed by atoms with Gasteiger partial charge >= 0.3 is 0 Å². The van der Waals surface area contributed by atoms with Gasteiger partial charge in [-0.2, -0.15) is 0 Å². The molecule has 1 aliphatic rings. The molecule has 6 nitrogen and oxygen atoms in total. The number of benzene rings is 2. The van der Waals surface area contributed by atoms with Gasteiger partial charge in [0.1, 0.15) is 5.82 Å². The molecule has 148 valence electrons. The van der Waals surface area contributed by atoms with Crippen LogP contribution in [0.15, 0.2) is 52.3 Å². The van der Waals surface area contributed by atoms with Crippen molar-refractivity contribution >= 4 is 44.8 Å². The molecule has 0 fully saturated rings. The molecule has 3 rings (SSSR count). The maximum atomic E-state index is 13.6. The summed E-state index contributed by atoms with van der Waals surface area (Å²) in [7, 11) is -3.75. The van der Waals surface area contributed by atoms with Crippen LogP contribution in [0.3, 0.4) is 0 Å². The van der Waals surface area contributed by atoms with Gasteiger partial charge in [0.25, 0.3) is 0 Å². The minimum atomic E-state index is -3.75. The van der Waals surface area contributed by atoms with Gasteiger partial charge in [0.2, 0.25) is 11.8 Å². The Balaban J connectivity index is 1.70. The SMILES string of the molecule is C[C@@H]1CC(=O)Nc2cc(S(=O)(=O)CCC(=O)Nc3ccccc3F)ccc2S1. The Morgan fingerprint density at radius 1 is 1.29 bits per heavy atom. The Labute approximate surface area is 166 Å². The number of sulfone groups is 1. The number of carbonyl (C=O) groups is 2. The van der Waals surface area contributed by atoms with Crippen LogP contribution in [0.2, 0.25) is 0 Å². The molecule has 1 aliphatic heterocycles. The number of hydrogen-bond donors (Lipinski definition) is 2. The van der Waals surface area contributed by atoms with Gasteiger partial charge in [-0.25, -0.2) is 12.8 Å². The van der Waals surface area contributed by atoms with Gasteiger partial charge in [0.05, 0.1) is 22.0 Å². The Morgan fingerprint density at radius 3 is 2.79 bits per heavy atom. The average molecular weight is 423 g/mol. The highest BCUT2D eigenvalue weighted by Crippen LogP contribution is 2.36. The number of carbonyl (C=O) groups excluding carboxylic acids is 2. The number of halogens is 1. The highest BCUT2D eigenvalue weighted by molar-refractivity contribution is 8.00. The van der Waals surface area contributed by atoms with Crippen LogP contribution in [0.4, 0.5) is 15.8 Å². The fourth-order valence-corrected chi connectivity index (χ4v) is 5.06. The topological polar surface area (TPSA) is 92.3 Å². The second kappa shape index (κ2) is 8.32. The molecule has 1 heterocycles. The summed E-state index contributed by atoms with van der Waals surface area (Å²) in [6.45, 7) is 1.93. The second-order valence-electron chi connectivity index (χ2n) is 6.44. The monoisotopic (exact) mass is 422 g/mol. The number of thioether (sulfide) groups is 1. The lowest BCUT2D eigenvalue weighted by molar-refractivity contribution is -0.116. The summed E-state index contributed by atoms with van der Waals surface area (Å²) in [5, 5.41) is 5.18. The van der Waals surface area contributed by atoms with Crippen molar-refractivity contribution in [3.8, 4) is 0 Å². The normalized spacial score (nSPS) is 16.6. The summed E-state index contributed by atoms with van der Waals surface area (Å²) in [5.41, 5.74) is 0.458. The van der Waals surface area contributed by atoms with E-state index in [1.807, 2.05) is 6.92 Å². The van der Waals surface area contributed by atoms with Crippen LogP contribution in [0.1, 0.15) is 19.8 Å². The van der Waals surface area contributed by atoms with Crippen LogP contribution < -0.4 is 10.6 Å². The molecular formula is C19H19FN2O4S2. The van der Waals surface area contributed by atoms with Gasteiger partial charge in [-0.3, -0.25) is 9.59 Å². The highest BCUT2D eigenvalue weighted by atomic mass is 32.2. The van der Waals surface area contributed by atoms with E-state index in [-0.39, 0.29) is 28.2 Å². The van der Waals surface area contributed by atoms with Crippen molar-refractivity contribution in [3.63, 3.8) is 0 Å². The van der Waals surface area contributed by atoms with Gasteiger partial charge in [-0.15, -0.1) is 11.8 Å². The van der Waals surface area contributed by atoms with E-state index in [1.54, 1.807) is 12.1 Å². The molecule has 28 heavy (non-hydrogen) atoms. The van der Waals surface area contributed by atoms with E-state index in [0.717, 1.165) is 4.90 Å². The zero-order valence-corrected chi connectivity index (χ0v) is 16.7. The van der Waals surface area contributed by atoms with E-state index in [9.17, 15) is 22.4 Å². The molecule has 0 spiro atoms. The molecule has 2 aromatic carbocycles. The van der Waals surface area contributed by atoms with Crippen molar-refractivity contribution < 1.29 is 22.4 Å². The predicted octanol–water partition coefficient (Wildman–Crippen LogP) is 3.45. The van der Waals surface area contributed by atoms with Gasteiger partial charge in [0, 0.05) is 23.0 Å². The Hall–Kier alpha value is -2.39. The van der Waals surface area contributed by atoms with E-state index >= 15 is 0 Å². The molecule has 2 aromatic rings. The molecule has 0 saturated heterocycles. The lowest BCUT2D eigenvalue weighted by atomic mass is 10.3. The summed E-state index contributed by atoms with van der Waals surface area (Å²) in [6, 6.07) is 10.2. The number of rotatable bonds is 5. The first kappa shape index (κ1) is 20.3. The molecule has 0 saturated carbocycles. The maximum absolute atomic E-state index is 13.6. The zero-order valence-electron chi connectivity index (χ0n) is 15.1. The number of amides is 2. The first-order chi connectivity index (χ1) is 13.2. The second-order valence-corrected chi connectivity index (χ2v) is 10.0. The van der Waals surface area contributed by atoms with E-state index in [0.29, 0.717) is 12.1 Å². The molecule has 0 radical (unpaired) electrons. The van der Waals surface area contributed by atoms with Crippen LogP contribution in [-0.2, 0) is 19.4 Å². The van der Waals surface area contributed by atoms with E-state index in [2.05, 4.69) is 10.6 Å². The van der Waals surface area contributed by atoms with Gasteiger partial charge < -0.3 is 10.6 Å². The number of hydrogen-bond acceptors (Lipinski definition) is 5. The number of para-hydroxylation sites is 1. The van der Waals surface area contributed by atoms with Gasteiger partial charge in [0.15, 0.2) is 9.84 Å². The van der Waals surface area contributed by atoms with Gasteiger partial charge in [-0.05, 0) is 30.3 Å². The van der Waals surface area contributed by atoms with Crippen molar-refractivity contribution in [3.05, 3.63) is 48.3 Å². The van der Waals surface area contributed by atoms with Crippen molar-refractivity contribution in [1.29, 1.82) is 0 Å². The molecule has 0 aromatic heterocycles. The largest absolute Gasteiger partial charge is 0.325 e. The lowest BCUT2D eigenvalue weighted by Gasteiger charge is -2.11. The highest BCUT2D eigenvalue weighted by Gasteiger charge is 2.23. The Kier molecular flexibility index (Phi) is 6.04. The molecule has 9 heteroatoms. The van der Waals surface area contributed by atoms with Crippen LogP contribution in [-0.4, -0.2) is 31.2 Å². The number of nitrogens with one attached hydrogen (secondary N) is 2. The van der Waals surface area contributed by atoms with Crippen molar-refractivity contribution in [2.45, 2.75) is 34.8 Å². The van der Waals surface area contributed by atoms with Crippen LogP contribution in [0.25, 0.3) is 0 Å². The molecule has 1 atom stereocenters. The Bertz CT molecular complexity index is 1020. The summed E-state index contributed by atoms with van der Waals surface area (Å²) in [6.07, 6.45) is 0.0313. The molecule has 2 N–H and O–H groups in total. The first-order valence-electron chi connectivity index (χ1n) is 8.62. The minimum Gasteiger partial charge on any atom is -0.325 e. The summed E-state index contributed by atoms with van der Waals surface area (Å²) in [4.78, 5) is 24.7. The molecular weight excluding hydrogens is 403 g/mol. The quantitative estimate of drug-likeness (QED) is 0.770. The summed E-state index contributed by atoms with van der Waals surface area (Å²) >= 11 is 1.50. The molecule has 2 amide bonds. The predicted molar refractivity (Wildman–Crippen MR) is 107 cm³/mol. The first-order valence-corrected chi connectivity index (χ1v) is 11.2. The van der Waals surface area contributed by atoms with E-state index < -0.39 is 27.3 Å². The van der Waals surface area contributed by atoms with E-state index in [4.69, 9.17) is 0 Å². The molecule has 0 aliphatic carbocycles. The number of anilines is 2. The van der Waals surface area contributed by atoms with Crippen LogP contribution in [0.5, 0.6) is 0 Å². The fraction of sp³-hybridized carbons (Fsp3) is 0.263. The summed E-state index contributed by atoms with van der Waals surface area (Å²) < 4.78 is 38.8. The molecule has 0 unspecified atom stereocenters. The van der Waals surface area contributed by atoms with Crippen molar-refractivity contribution in [2.24, 2.45) is 0 Å². The third-order valence-corrected chi connectivity index (χ3v) is 7.02. The van der Waals surface area contributed by atoms with Gasteiger partial charge in [-0.1, -0.05) is 19.1 Å². The fourth-order valence-electron chi connectivity index (χ4n) is 2.74. The van der Waals surface area contributed by atoms with Crippen LogP contribution >= 0.6 is 11.8 Å². The third-order valence-electron chi connectivity index (χ3n) is 4.13. The smallest absolute Gasteiger partial charge is 0.225 e. The number of fused-ring (bicyclic) bond motifs is 1. The average Bonchev–Trinajstić information content (AvgIpc) is 2.77. The zero-order chi connectivity index (χ0) is 20.3. The standard InChI is InChI=1S/C19H19FN2O4S2/c1-12-10-19(24)22-16-11-13(6-7-17(16)27-12)28(25,26)9-8-18(23)21-15-5-3-2-4-14(15)20/h2-7,11-12H,8-10H2,1H3,(H,21,23)(H,22,24)/t12-/m1/s1. The summed E-state index contributed by atoms with van der Waals surface area (Å²) in [5.74, 6) is -1.78. The van der Waals surface area contributed by atoms with E-state index in [1.165, 1.54) is 42.1 Å². The third kappa shape index (κ3) is 4.90. The maximum Gasteiger partial charge on any atom is 0.225 e.